The topological polar surface area (TPSA) is 72.0 Å². The molecule has 5 nitrogen and oxygen atoms in total. The number of carbonyl (C=O) groups is 1. The Kier molecular flexibility index (Phi) is 5.09. The van der Waals surface area contributed by atoms with Gasteiger partial charge in [0.25, 0.3) is 5.56 Å². The van der Waals surface area contributed by atoms with E-state index in [4.69, 9.17) is 16.3 Å². The lowest BCUT2D eigenvalue weighted by atomic mass is 9.97. The highest BCUT2D eigenvalue weighted by Gasteiger charge is 2.28. The molecule has 6 heteroatoms. The Morgan fingerprint density at radius 2 is 1.88 bits per heavy atom. The summed E-state index contributed by atoms with van der Waals surface area (Å²) in [5.41, 5.74) is 0.706. The van der Waals surface area contributed by atoms with Crippen molar-refractivity contribution in [2.45, 2.75) is 20.3 Å². The molecule has 0 aliphatic heterocycles. The number of ether oxygens (including phenoxy) is 1. The highest BCUT2D eigenvalue weighted by Crippen LogP contribution is 2.24. The molecule has 0 fully saturated rings. The number of benzene rings is 2. The summed E-state index contributed by atoms with van der Waals surface area (Å²) in [6.07, 6.45) is 0.502. The van der Waals surface area contributed by atoms with E-state index in [1.165, 1.54) is 0 Å². The third-order valence-corrected chi connectivity index (χ3v) is 4.81. The van der Waals surface area contributed by atoms with Gasteiger partial charge < -0.3 is 4.74 Å². The minimum Gasteiger partial charge on any atom is -0.426 e. The van der Waals surface area contributed by atoms with E-state index in [0.717, 1.165) is 16.6 Å². The number of hydrogen-bond acceptors (Lipinski definition) is 4. The zero-order valence-electron chi connectivity index (χ0n) is 14.6. The van der Waals surface area contributed by atoms with Crippen LogP contribution in [0.5, 0.6) is 5.75 Å². The number of esters is 1. The molecule has 0 aliphatic rings. The molecular formula is C20H19ClN2O3. The molecule has 0 radical (unpaired) electrons. The first-order valence-corrected chi connectivity index (χ1v) is 8.77. The number of aromatic amines is 1. The van der Waals surface area contributed by atoms with Crippen LogP contribution in [0.15, 0.2) is 53.3 Å². The Hall–Kier alpha value is -2.66. The van der Waals surface area contributed by atoms with Gasteiger partial charge in [-0.3, -0.25) is 9.59 Å². The van der Waals surface area contributed by atoms with Gasteiger partial charge in [0.15, 0.2) is 0 Å². The highest BCUT2D eigenvalue weighted by atomic mass is 35.5. The number of aromatic nitrogens is 2. The fourth-order valence-electron chi connectivity index (χ4n) is 2.52. The highest BCUT2D eigenvalue weighted by molar-refractivity contribution is 6.19. The minimum atomic E-state index is -0.756. The van der Waals surface area contributed by atoms with Gasteiger partial charge in [0, 0.05) is 17.7 Å². The Morgan fingerprint density at radius 1 is 1.15 bits per heavy atom. The maximum Gasteiger partial charge on any atom is 0.318 e. The van der Waals surface area contributed by atoms with Gasteiger partial charge in [0.1, 0.15) is 5.75 Å². The molecule has 0 unspecified atom stereocenters. The predicted molar refractivity (Wildman–Crippen MR) is 102 cm³/mol. The maximum atomic E-state index is 12.2. The van der Waals surface area contributed by atoms with E-state index in [1.54, 1.807) is 32.0 Å². The van der Waals surface area contributed by atoms with Crippen LogP contribution in [0.3, 0.4) is 0 Å². The standard InChI is InChI=1S/C20H19ClN2O3/c1-20(2,12-21)19(25)26-14-7-5-6-13(10-14)11-17-15-8-3-4-9-16(15)18(24)23-22-17/h3-10H,11-12H2,1-2H3,(H,23,24). The number of nitrogens with one attached hydrogen (secondary N) is 1. The van der Waals surface area contributed by atoms with Crippen molar-refractivity contribution in [2.75, 3.05) is 5.88 Å². The normalized spacial score (nSPS) is 11.5. The molecule has 0 atom stereocenters. The van der Waals surface area contributed by atoms with E-state index >= 15 is 0 Å². The molecule has 2 aromatic carbocycles. The first kappa shape index (κ1) is 18.1. The van der Waals surface area contributed by atoms with Gasteiger partial charge >= 0.3 is 5.97 Å². The molecule has 1 N–H and O–H groups in total. The number of halogens is 1. The van der Waals surface area contributed by atoms with Gasteiger partial charge in [-0.15, -0.1) is 11.6 Å². The molecule has 1 aromatic heterocycles. The van der Waals surface area contributed by atoms with E-state index < -0.39 is 5.41 Å². The summed E-state index contributed by atoms with van der Waals surface area (Å²) >= 11 is 5.82. The monoisotopic (exact) mass is 370 g/mol. The third kappa shape index (κ3) is 3.78. The van der Waals surface area contributed by atoms with Crippen molar-refractivity contribution < 1.29 is 9.53 Å². The van der Waals surface area contributed by atoms with Gasteiger partial charge in [0.05, 0.1) is 16.5 Å². The minimum absolute atomic E-state index is 0.179. The molecule has 0 bridgehead atoms. The van der Waals surface area contributed by atoms with Crippen molar-refractivity contribution in [3.8, 4) is 5.75 Å². The lowest BCUT2D eigenvalue weighted by molar-refractivity contribution is -0.142. The van der Waals surface area contributed by atoms with Crippen LogP contribution in [0.4, 0.5) is 0 Å². The van der Waals surface area contributed by atoms with Gasteiger partial charge in [-0.25, -0.2) is 5.10 Å². The molecule has 0 saturated heterocycles. The molecule has 0 saturated carbocycles. The Bertz CT molecular complexity index is 1010. The van der Waals surface area contributed by atoms with Crippen LogP contribution >= 0.6 is 11.6 Å². The number of carbonyl (C=O) groups excluding carboxylic acids is 1. The molecule has 3 rings (SSSR count). The molecule has 0 spiro atoms. The van der Waals surface area contributed by atoms with Crippen LogP contribution in [-0.2, 0) is 11.2 Å². The van der Waals surface area contributed by atoms with Gasteiger partial charge in [0.2, 0.25) is 0 Å². The van der Waals surface area contributed by atoms with Crippen LogP contribution < -0.4 is 10.3 Å². The van der Waals surface area contributed by atoms with Crippen molar-refractivity contribution >= 4 is 28.3 Å². The smallest absolute Gasteiger partial charge is 0.318 e. The van der Waals surface area contributed by atoms with E-state index in [2.05, 4.69) is 10.2 Å². The lowest BCUT2D eigenvalue weighted by Crippen LogP contribution is -2.30. The van der Waals surface area contributed by atoms with Crippen LogP contribution in [-0.4, -0.2) is 22.0 Å². The number of hydrogen-bond donors (Lipinski definition) is 1. The van der Waals surface area contributed by atoms with E-state index in [-0.39, 0.29) is 17.4 Å². The maximum absolute atomic E-state index is 12.2. The number of alkyl halides is 1. The van der Waals surface area contributed by atoms with Crippen molar-refractivity contribution in [1.82, 2.24) is 10.2 Å². The number of nitrogens with zero attached hydrogens (tertiary/aromatic N) is 1. The summed E-state index contributed by atoms with van der Waals surface area (Å²) in [6.45, 7) is 3.48. The predicted octanol–water partition coefficient (Wildman–Crippen LogP) is 3.68. The number of rotatable bonds is 5. The fourth-order valence-corrected chi connectivity index (χ4v) is 2.63. The second-order valence-corrected chi connectivity index (χ2v) is 7.04. The molecule has 134 valence electrons. The average molecular weight is 371 g/mol. The van der Waals surface area contributed by atoms with Crippen LogP contribution in [0, 0.1) is 5.41 Å². The van der Waals surface area contributed by atoms with Crippen LogP contribution in [0.1, 0.15) is 25.1 Å². The Balaban J connectivity index is 1.87. The van der Waals surface area contributed by atoms with Gasteiger partial charge in [-0.1, -0.05) is 30.3 Å². The molecule has 3 aromatic rings. The zero-order valence-corrected chi connectivity index (χ0v) is 15.3. The second-order valence-electron chi connectivity index (χ2n) is 6.78. The summed E-state index contributed by atoms with van der Waals surface area (Å²) in [5, 5.41) is 8.12. The fraction of sp³-hybridized carbons (Fsp3) is 0.250. The van der Waals surface area contributed by atoms with Crippen molar-refractivity contribution in [1.29, 1.82) is 0 Å². The van der Waals surface area contributed by atoms with E-state index in [0.29, 0.717) is 17.6 Å². The molecular weight excluding hydrogens is 352 g/mol. The molecule has 0 amide bonds. The summed E-state index contributed by atoms with van der Waals surface area (Å²) in [7, 11) is 0. The van der Waals surface area contributed by atoms with Crippen LogP contribution in [0.2, 0.25) is 0 Å². The number of fused-ring (bicyclic) bond motifs is 1. The molecule has 1 heterocycles. The van der Waals surface area contributed by atoms with Gasteiger partial charge in [-0.05, 0) is 37.6 Å². The SMILES string of the molecule is CC(C)(CCl)C(=O)Oc1cccc(Cc2n[nH]c(=O)c3ccccc23)c1. The largest absolute Gasteiger partial charge is 0.426 e. The summed E-state index contributed by atoms with van der Waals surface area (Å²) in [5.74, 6) is 0.260. The second kappa shape index (κ2) is 7.30. The molecule has 0 aliphatic carbocycles. The lowest BCUT2D eigenvalue weighted by Gasteiger charge is -2.19. The Labute approximate surface area is 156 Å². The Morgan fingerprint density at radius 3 is 2.62 bits per heavy atom. The van der Waals surface area contributed by atoms with Gasteiger partial charge in [-0.2, -0.15) is 5.10 Å². The number of H-pyrrole nitrogens is 1. The van der Waals surface area contributed by atoms with E-state index in [1.807, 2.05) is 30.3 Å². The quantitative estimate of drug-likeness (QED) is 0.422. The third-order valence-electron chi connectivity index (χ3n) is 4.14. The first-order chi connectivity index (χ1) is 12.4. The van der Waals surface area contributed by atoms with Crippen molar-refractivity contribution in [2.24, 2.45) is 5.41 Å². The average Bonchev–Trinajstić information content (AvgIpc) is 2.64. The van der Waals surface area contributed by atoms with Crippen molar-refractivity contribution in [3.63, 3.8) is 0 Å². The summed E-state index contributed by atoms with van der Waals surface area (Å²) < 4.78 is 5.45. The van der Waals surface area contributed by atoms with Crippen molar-refractivity contribution in [3.05, 3.63) is 70.1 Å². The summed E-state index contributed by atoms with van der Waals surface area (Å²) in [4.78, 5) is 24.1. The first-order valence-electron chi connectivity index (χ1n) is 8.24. The zero-order chi connectivity index (χ0) is 18.7. The molecule has 26 heavy (non-hydrogen) atoms. The van der Waals surface area contributed by atoms with Crippen LogP contribution in [0.25, 0.3) is 10.8 Å². The summed E-state index contributed by atoms with van der Waals surface area (Å²) in [6, 6.07) is 14.6. The van der Waals surface area contributed by atoms with E-state index in [9.17, 15) is 9.59 Å².